The molecule has 1 aliphatic rings. The molecule has 24 heavy (non-hydrogen) atoms. The summed E-state index contributed by atoms with van der Waals surface area (Å²) in [5.74, 6) is 0.912. The third-order valence-electron chi connectivity index (χ3n) is 4.78. The van der Waals surface area contributed by atoms with Crippen molar-refractivity contribution in [2.45, 2.75) is 38.3 Å². The first kappa shape index (κ1) is 21.5. The van der Waals surface area contributed by atoms with Gasteiger partial charge in [0.1, 0.15) is 0 Å². The van der Waals surface area contributed by atoms with Crippen molar-refractivity contribution < 1.29 is 0 Å². The van der Waals surface area contributed by atoms with Gasteiger partial charge in [-0.2, -0.15) is 0 Å². The molecule has 0 spiro atoms. The molecule has 2 rings (SSSR count). The van der Waals surface area contributed by atoms with Crippen LogP contribution in [0.2, 0.25) is 0 Å². The van der Waals surface area contributed by atoms with E-state index in [1.165, 1.54) is 5.00 Å². The number of likely N-dealkylation sites (N-methyl/N-ethyl adjacent to an activating group) is 1. The van der Waals surface area contributed by atoms with Crippen LogP contribution < -0.4 is 15.5 Å². The molecule has 5 nitrogen and oxygen atoms in total. The maximum atomic E-state index is 4.38. The van der Waals surface area contributed by atoms with Crippen LogP contribution in [0.3, 0.4) is 0 Å². The number of piperidine rings is 1. The van der Waals surface area contributed by atoms with Crippen LogP contribution in [0, 0.1) is 0 Å². The predicted molar refractivity (Wildman–Crippen MR) is 117 cm³/mol. The maximum absolute atomic E-state index is 4.38. The third kappa shape index (κ3) is 6.07. The normalized spacial score (nSPS) is 16.9. The SMILES string of the molecule is CN=C(NCC(C)(C)N(C)C)NC1CCN(c2cccs2)CC1.I. The standard InChI is InChI=1S/C17H31N5S.HI/c1-17(2,21(4)5)13-19-16(18-3)20-14-8-10-22(11-9-14)15-7-6-12-23-15;/h6-7,12,14H,8-11,13H2,1-5H3,(H2,18,19,20);1H. The molecular formula is C17H32IN5S. The first-order chi connectivity index (χ1) is 10.9. The number of hydrogen-bond acceptors (Lipinski definition) is 4. The summed E-state index contributed by atoms with van der Waals surface area (Å²) >= 11 is 1.83. The van der Waals surface area contributed by atoms with Crippen LogP contribution in [0.15, 0.2) is 22.5 Å². The number of aliphatic imine (C=N–C) groups is 1. The molecule has 1 saturated heterocycles. The van der Waals surface area contributed by atoms with Gasteiger partial charge in [0.25, 0.3) is 0 Å². The smallest absolute Gasteiger partial charge is 0.191 e. The third-order valence-corrected chi connectivity index (χ3v) is 5.71. The van der Waals surface area contributed by atoms with Gasteiger partial charge in [-0.25, -0.2) is 0 Å². The van der Waals surface area contributed by atoms with Gasteiger partial charge in [-0.3, -0.25) is 4.99 Å². The van der Waals surface area contributed by atoms with Crippen molar-refractivity contribution in [3.05, 3.63) is 17.5 Å². The summed E-state index contributed by atoms with van der Waals surface area (Å²) in [5, 5.41) is 10.6. The second-order valence-corrected chi connectivity index (χ2v) is 7.92. The summed E-state index contributed by atoms with van der Waals surface area (Å²) in [4.78, 5) is 9.09. The molecule has 0 bridgehead atoms. The topological polar surface area (TPSA) is 42.9 Å². The van der Waals surface area contributed by atoms with E-state index in [1.54, 1.807) is 0 Å². The molecule has 138 valence electrons. The first-order valence-electron chi connectivity index (χ1n) is 8.35. The van der Waals surface area contributed by atoms with Crippen molar-refractivity contribution in [3.8, 4) is 0 Å². The molecule has 0 saturated carbocycles. The highest BCUT2D eigenvalue weighted by Crippen LogP contribution is 2.24. The van der Waals surface area contributed by atoms with Crippen molar-refractivity contribution in [2.24, 2.45) is 4.99 Å². The Hall–Kier alpha value is -0.540. The van der Waals surface area contributed by atoms with Gasteiger partial charge in [0.2, 0.25) is 0 Å². The van der Waals surface area contributed by atoms with Crippen molar-refractivity contribution in [1.82, 2.24) is 15.5 Å². The number of halogens is 1. The lowest BCUT2D eigenvalue weighted by Crippen LogP contribution is -2.53. The van der Waals surface area contributed by atoms with Crippen LogP contribution in [-0.4, -0.2) is 63.2 Å². The fourth-order valence-corrected chi connectivity index (χ4v) is 3.33. The Bertz CT molecular complexity index is 493. The van der Waals surface area contributed by atoms with Gasteiger partial charge >= 0.3 is 0 Å². The zero-order chi connectivity index (χ0) is 16.9. The van der Waals surface area contributed by atoms with Gasteiger partial charge in [-0.05, 0) is 58.3 Å². The van der Waals surface area contributed by atoms with Crippen LogP contribution in [0.25, 0.3) is 0 Å². The van der Waals surface area contributed by atoms with Gasteiger partial charge < -0.3 is 20.4 Å². The lowest BCUT2D eigenvalue weighted by molar-refractivity contribution is 0.197. The molecule has 0 aromatic carbocycles. The molecule has 7 heteroatoms. The highest BCUT2D eigenvalue weighted by Gasteiger charge is 2.23. The van der Waals surface area contributed by atoms with E-state index in [0.717, 1.165) is 38.4 Å². The number of hydrogen-bond donors (Lipinski definition) is 2. The van der Waals surface area contributed by atoms with E-state index < -0.39 is 0 Å². The molecule has 1 fully saturated rings. The fraction of sp³-hybridized carbons (Fsp3) is 0.706. The molecule has 0 radical (unpaired) electrons. The summed E-state index contributed by atoms with van der Waals surface area (Å²) < 4.78 is 0. The monoisotopic (exact) mass is 465 g/mol. The predicted octanol–water partition coefficient (Wildman–Crippen LogP) is 2.84. The maximum Gasteiger partial charge on any atom is 0.191 e. The Morgan fingerprint density at radius 2 is 2.04 bits per heavy atom. The Kier molecular flexibility index (Phi) is 8.80. The zero-order valence-corrected chi connectivity index (χ0v) is 18.6. The highest BCUT2D eigenvalue weighted by atomic mass is 127. The van der Waals surface area contributed by atoms with Crippen LogP contribution in [0.5, 0.6) is 0 Å². The van der Waals surface area contributed by atoms with Gasteiger partial charge in [0.05, 0.1) is 5.00 Å². The second-order valence-electron chi connectivity index (χ2n) is 6.99. The Labute approximate surface area is 167 Å². The van der Waals surface area contributed by atoms with Gasteiger partial charge in [-0.15, -0.1) is 35.3 Å². The molecule has 0 aliphatic carbocycles. The number of guanidine groups is 1. The highest BCUT2D eigenvalue weighted by molar-refractivity contribution is 14.0. The Balaban J connectivity index is 0.00000288. The van der Waals surface area contributed by atoms with E-state index in [0.29, 0.717) is 6.04 Å². The number of rotatable bonds is 5. The van der Waals surface area contributed by atoms with E-state index >= 15 is 0 Å². The molecular weight excluding hydrogens is 433 g/mol. The number of anilines is 1. The van der Waals surface area contributed by atoms with Crippen LogP contribution >= 0.6 is 35.3 Å². The number of thiophene rings is 1. The molecule has 1 aromatic heterocycles. The Morgan fingerprint density at radius 1 is 1.38 bits per heavy atom. The summed E-state index contributed by atoms with van der Waals surface area (Å²) in [6.07, 6.45) is 2.30. The number of nitrogens with one attached hydrogen (secondary N) is 2. The van der Waals surface area contributed by atoms with Crippen molar-refractivity contribution in [2.75, 3.05) is 45.7 Å². The minimum absolute atomic E-state index is 0. The molecule has 0 unspecified atom stereocenters. The average molecular weight is 465 g/mol. The lowest BCUT2D eigenvalue weighted by Gasteiger charge is -2.35. The quantitative estimate of drug-likeness (QED) is 0.399. The van der Waals surface area contributed by atoms with Crippen molar-refractivity contribution in [3.63, 3.8) is 0 Å². The minimum atomic E-state index is 0. The lowest BCUT2D eigenvalue weighted by atomic mass is 10.0. The first-order valence-corrected chi connectivity index (χ1v) is 9.23. The van der Waals surface area contributed by atoms with E-state index in [4.69, 9.17) is 0 Å². The van der Waals surface area contributed by atoms with Gasteiger partial charge in [0, 0.05) is 38.3 Å². The molecule has 1 aliphatic heterocycles. The van der Waals surface area contributed by atoms with E-state index in [-0.39, 0.29) is 29.5 Å². The van der Waals surface area contributed by atoms with Crippen molar-refractivity contribution in [1.29, 1.82) is 0 Å². The molecule has 2 N–H and O–H groups in total. The molecule has 1 aromatic rings. The van der Waals surface area contributed by atoms with E-state index in [2.05, 4.69) is 70.9 Å². The molecule has 2 heterocycles. The summed E-state index contributed by atoms with van der Waals surface area (Å²) in [5.41, 5.74) is 0.0974. The number of nitrogens with zero attached hydrogens (tertiary/aromatic N) is 3. The van der Waals surface area contributed by atoms with E-state index in [1.807, 2.05) is 18.4 Å². The van der Waals surface area contributed by atoms with Gasteiger partial charge in [-0.1, -0.05) is 0 Å². The van der Waals surface area contributed by atoms with E-state index in [9.17, 15) is 0 Å². The van der Waals surface area contributed by atoms with Crippen LogP contribution in [-0.2, 0) is 0 Å². The fourth-order valence-electron chi connectivity index (χ4n) is 2.54. The largest absolute Gasteiger partial charge is 0.363 e. The van der Waals surface area contributed by atoms with Crippen LogP contribution in [0.1, 0.15) is 26.7 Å². The minimum Gasteiger partial charge on any atom is -0.363 e. The summed E-state index contributed by atoms with van der Waals surface area (Å²) in [6, 6.07) is 4.84. The average Bonchev–Trinajstić information content (AvgIpc) is 3.06. The summed E-state index contributed by atoms with van der Waals surface area (Å²) in [7, 11) is 6.06. The summed E-state index contributed by atoms with van der Waals surface area (Å²) in [6.45, 7) is 7.55. The molecule has 0 atom stereocenters. The Morgan fingerprint density at radius 3 is 2.54 bits per heavy atom. The van der Waals surface area contributed by atoms with Crippen LogP contribution in [0.4, 0.5) is 5.00 Å². The second kappa shape index (κ2) is 9.82. The van der Waals surface area contributed by atoms with Crippen molar-refractivity contribution >= 4 is 46.3 Å². The van der Waals surface area contributed by atoms with Gasteiger partial charge in [0.15, 0.2) is 5.96 Å². The zero-order valence-electron chi connectivity index (χ0n) is 15.5. The molecule has 0 amide bonds.